The van der Waals surface area contributed by atoms with Crippen LogP contribution in [0, 0.1) is 5.82 Å². The Bertz CT molecular complexity index is 1210. The minimum atomic E-state index is -0.377. The number of amides is 2. The smallest absolute Gasteiger partial charge is 0.266 e. The summed E-state index contributed by atoms with van der Waals surface area (Å²) in [7, 11) is 0. The van der Waals surface area contributed by atoms with E-state index in [4.69, 9.17) is 17.0 Å². The molecule has 0 unspecified atom stereocenters. The van der Waals surface area contributed by atoms with E-state index in [2.05, 4.69) is 5.32 Å². The largest absolute Gasteiger partial charge is 0.484 e. The number of nitrogens with zero attached hydrogens (tertiary/aromatic N) is 1. The predicted octanol–water partition coefficient (Wildman–Crippen LogP) is 5.24. The number of anilines is 1. The van der Waals surface area contributed by atoms with E-state index in [1.165, 1.54) is 36.0 Å². The summed E-state index contributed by atoms with van der Waals surface area (Å²) in [6, 6.07) is 22.3. The molecule has 1 saturated heterocycles. The van der Waals surface area contributed by atoms with Gasteiger partial charge in [0.15, 0.2) is 6.61 Å². The Hall–Kier alpha value is -3.49. The fraction of sp³-hybridized carbons (Fsp3) is 0.0800. The highest BCUT2D eigenvalue weighted by molar-refractivity contribution is 8.26. The number of rotatable bonds is 7. The van der Waals surface area contributed by atoms with Crippen LogP contribution in [0.2, 0.25) is 0 Å². The average Bonchev–Trinajstić information content (AvgIpc) is 3.07. The van der Waals surface area contributed by atoms with Crippen LogP contribution in [0.3, 0.4) is 0 Å². The van der Waals surface area contributed by atoms with E-state index in [-0.39, 0.29) is 24.2 Å². The zero-order valence-corrected chi connectivity index (χ0v) is 19.0. The van der Waals surface area contributed by atoms with Crippen LogP contribution in [-0.2, 0) is 16.1 Å². The zero-order valence-electron chi connectivity index (χ0n) is 17.4. The van der Waals surface area contributed by atoms with Crippen molar-refractivity contribution in [1.29, 1.82) is 0 Å². The Morgan fingerprint density at radius 2 is 1.82 bits per heavy atom. The Balaban J connectivity index is 1.38. The molecule has 5 nitrogen and oxygen atoms in total. The van der Waals surface area contributed by atoms with Crippen molar-refractivity contribution in [3.63, 3.8) is 0 Å². The van der Waals surface area contributed by atoms with Crippen molar-refractivity contribution >= 4 is 51.9 Å². The van der Waals surface area contributed by atoms with Crippen LogP contribution in [0.25, 0.3) is 6.08 Å². The first-order chi connectivity index (χ1) is 16.0. The molecule has 0 bridgehead atoms. The molecule has 1 fully saturated rings. The molecule has 8 heteroatoms. The van der Waals surface area contributed by atoms with Gasteiger partial charge in [0.2, 0.25) is 0 Å². The molecule has 1 aliphatic rings. The second kappa shape index (κ2) is 10.4. The lowest BCUT2D eigenvalue weighted by atomic mass is 10.2. The third-order valence-electron chi connectivity index (χ3n) is 4.71. The summed E-state index contributed by atoms with van der Waals surface area (Å²) in [5.74, 6) is -0.400. The van der Waals surface area contributed by atoms with Gasteiger partial charge >= 0.3 is 0 Å². The van der Waals surface area contributed by atoms with Gasteiger partial charge in [0.05, 0.1) is 11.4 Å². The maximum absolute atomic E-state index is 13.0. The van der Waals surface area contributed by atoms with E-state index in [1.807, 2.05) is 36.4 Å². The number of carbonyl (C=O) groups is 2. The Morgan fingerprint density at radius 3 is 2.58 bits per heavy atom. The predicted molar refractivity (Wildman–Crippen MR) is 132 cm³/mol. The molecule has 3 aromatic carbocycles. The van der Waals surface area contributed by atoms with Crippen LogP contribution < -0.4 is 10.1 Å². The number of ether oxygens (including phenoxy) is 1. The van der Waals surface area contributed by atoms with Gasteiger partial charge in [0.1, 0.15) is 15.9 Å². The number of benzene rings is 3. The van der Waals surface area contributed by atoms with Gasteiger partial charge in [-0.05, 0) is 53.6 Å². The van der Waals surface area contributed by atoms with E-state index in [1.54, 1.807) is 29.2 Å². The molecular weight excluding hydrogens is 459 g/mol. The van der Waals surface area contributed by atoms with E-state index in [0.29, 0.717) is 27.2 Å². The van der Waals surface area contributed by atoms with Crippen molar-refractivity contribution in [1.82, 2.24) is 4.90 Å². The van der Waals surface area contributed by atoms with Crippen LogP contribution in [-0.4, -0.2) is 27.6 Å². The molecular formula is C25H19FN2O3S2. The van der Waals surface area contributed by atoms with Crippen molar-refractivity contribution in [2.75, 3.05) is 11.9 Å². The number of thiocarbonyl (C=S) groups is 1. The highest BCUT2D eigenvalue weighted by Gasteiger charge is 2.31. The molecule has 0 aliphatic carbocycles. The van der Waals surface area contributed by atoms with Gasteiger partial charge in [-0.25, -0.2) is 4.39 Å². The molecule has 4 rings (SSSR count). The minimum Gasteiger partial charge on any atom is -0.484 e. The van der Waals surface area contributed by atoms with Gasteiger partial charge in [-0.15, -0.1) is 0 Å². The standard InChI is InChI=1S/C25H19FN2O3S2/c26-19-9-11-20(12-10-19)27-23(29)16-31-21-8-4-7-18(13-21)14-22-24(30)28(25(32)33-22)15-17-5-2-1-3-6-17/h1-14H,15-16H2,(H,27,29)/b22-14-. The summed E-state index contributed by atoms with van der Waals surface area (Å²) in [5, 5.41) is 2.64. The van der Waals surface area contributed by atoms with Crippen molar-refractivity contribution in [3.8, 4) is 5.75 Å². The van der Waals surface area contributed by atoms with Crippen LogP contribution >= 0.6 is 24.0 Å². The van der Waals surface area contributed by atoms with Gasteiger partial charge in [0.25, 0.3) is 11.8 Å². The van der Waals surface area contributed by atoms with E-state index >= 15 is 0 Å². The van der Waals surface area contributed by atoms with Crippen LogP contribution in [0.5, 0.6) is 5.75 Å². The Kier molecular flexibility index (Phi) is 7.16. The molecule has 1 N–H and O–H groups in total. The molecule has 1 heterocycles. The third-order valence-corrected chi connectivity index (χ3v) is 6.09. The fourth-order valence-corrected chi connectivity index (χ4v) is 4.38. The van der Waals surface area contributed by atoms with Crippen LogP contribution in [0.1, 0.15) is 11.1 Å². The van der Waals surface area contributed by atoms with E-state index in [9.17, 15) is 14.0 Å². The lowest BCUT2D eigenvalue weighted by molar-refractivity contribution is -0.122. The first kappa shape index (κ1) is 22.7. The van der Waals surface area contributed by atoms with E-state index in [0.717, 1.165) is 11.1 Å². The van der Waals surface area contributed by atoms with Gasteiger partial charge < -0.3 is 10.1 Å². The Morgan fingerprint density at radius 1 is 1.06 bits per heavy atom. The number of nitrogens with one attached hydrogen (secondary N) is 1. The second-order valence-corrected chi connectivity index (χ2v) is 8.85. The monoisotopic (exact) mass is 478 g/mol. The summed E-state index contributed by atoms with van der Waals surface area (Å²) < 4.78 is 19.1. The normalized spacial score (nSPS) is 14.6. The number of halogens is 1. The van der Waals surface area contributed by atoms with Crippen molar-refractivity contribution in [2.24, 2.45) is 0 Å². The number of hydrogen-bond acceptors (Lipinski definition) is 5. The first-order valence-electron chi connectivity index (χ1n) is 10.1. The summed E-state index contributed by atoms with van der Waals surface area (Å²) in [6.45, 7) is 0.217. The van der Waals surface area contributed by atoms with Crippen molar-refractivity contribution in [2.45, 2.75) is 6.54 Å². The van der Waals surface area contributed by atoms with Crippen molar-refractivity contribution < 1.29 is 18.7 Å². The minimum absolute atomic E-state index is 0.140. The number of carbonyl (C=O) groups excluding carboxylic acids is 2. The highest BCUT2D eigenvalue weighted by atomic mass is 32.2. The average molecular weight is 479 g/mol. The molecule has 0 aromatic heterocycles. The van der Waals surface area contributed by atoms with Crippen LogP contribution in [0.15, 0.2) is 83.8 Å². The molecule has 0 spiro atoms. The van der Waals surface area contributed by atoms with Gasteiger partial charge in [-0.2, -0.15) is 0 Å². The number of thioether (sulfide) groups is 1. The zero-order chi connectivity index (χ0) is 23.2. The third kappa shape index (κ3) is 6.06. The van der Waals surface area contributed by atoms with Crippen molar-refractivity contribution in [3.05, 3.63) is 101 Å². The molecule has 1 aliphatic heterocycles. The maximum Gasteiger partial charge on any atom is 0.266 e. The Labute approximate surface area is 200 Å². The lowest BCUT2D eigenvalue weighted by Crippen LogP contribution is -2.27. The summed E-state index contributed by atoms with van der Waals surface area (Å²) >= 11 is 6.66. The topological polar surface area (TPSA) is 58.6 Å². The van der Waals surface area contributed by atoms with Gasteiger partial charge in [-0.1, -0.05) is 66.4 Å². The number of hydrogen-bond donors (Lipinski definition) is 1. The van der Waals surface area contributed by atoms with Gasteiger partial charge in [0, 0.05) is 5.69 Å². The van der Waals surface area contributed by atoms with E-state index < -0.39 is 0 Å². The van der Waals surface area contributed by atoms with Gasteiger partial charge in [-0.3, -0.25) is 14.5 Å². The molecule has 0 saturated carbocycles. The highest BCUT2D eigenvalue weighted by Crippen LogP contribution is 2.34. The SMILES string of the molecule is O=C(COc1cccc(/C=C2\SC(=S)N(Cc3ccccc3)C2=O)c1)Nc1ccc(F)cc1. The fourth-order valence-electron chi connectivity index (χ4n) is 3.13. The quantitative estimate of drug-likeness (QED) is 0.372. The molecule has 2 amide bonds. The molecule has 3 aromatic rings. The molecule has 0 radical (unpaired) electrons. The summed E-state index contributed by atoms with van der Waals surface area (Å²) in [4.78, 5) is 27.1. The van der Waals surface area contributed by atoms with Crippen LogP contribution in [0.4, 0.5) is 10.1 Å². The molecule has 33 heavy (non-hydrogen) atoms. The second-order valence-electron chi connectivity index (χ2n) is 7.17. The maximum atomic E-state index is 13.0. The summed E-state index contributed by atoms with van der Waals surface area (Å²) in [6.07, 6.45) is 1.76. The lowest BCUT2D eigenvalue weighted by Gasteiger charge is -2.14. The molecule has 0 atom stereocenters. The summed E-state index contributed by atoms with van der Waals surface area (Å²) in [5.41, 5.74) is 2.24. The first-order valence-corrected chi connectivity index (χ1v) is 11.3. The molecule has 166 valence electrons.